The second kappa shape index (κ2) is 8.36. The predicted octanol–water partition coefficient (Wildman–Crippen LogP) is 2.66. The van der Waals surface area contributed by atoms with E-state index >= 15 is 0 Å². The zero-order valence-electron chi connectivity index (χ0n) is 13.3. The number of carbonyl (C=O) groups is 1. The summed E-state index contributed by atoms with van der Waals surface area (Å²) in [5, 5.41) is 10.1. The van der Waals surface area contributed by atoms with Gasteiger partial charge in [0.25, 0.3) is 0 Å². The van der Waals surface area contributed by atoms with Crippen molar-refractivity contribution in [2.45, 2.75) is 32.3 Å². The molecule has 6 heteroatoms. The molecule has 1 fully saturated rings. The molecule has 1 aliphatic rings. The van der Waals surface area contributed by atoms with Crippen molar-refractivity contribution in [1.29, 1.82) is 0 Å². The third-order valence-electron chi connectivity index (χ3n) is 4.17. The van der Waals surface area contributed by atoms with E-state index in [4.69, 9.17) is 4.74 Å². The summed E-state index contributed by atoms with van der Waals surface area (Å²) >= 11 is 0. The Morgan fingerprint density at radius 1 is 1.43 bits per heavy atom. The molecule has 1 heterocycles. The molecule has 0 spiro atoms. The summed E-state index contributed by atoms with van der Waals surface area (Å²) in [6.45, 7) is 4.24. The lowest BCUT2D eigenvalue weighted by Crippen LogP contribution is -2.40. The van der Waals surface area contributed by atoms with Crippen molar-refractivity contribution >= 4 is 5.97 Å². The third-order valence-corrected chi connectivity index (χ3v) is 4.17. The van der Waals surface area contributed by atoms with Crippen LogP contribution >= 0.6 is 0 Å². The van der Waals surface area contributed by atoms with Crippen molar-refractivity contribution < 1.29 is 23.4 Å². The van der Waals surface area contributed by atoms with Crippen LogP contribution in [0.1, 0.15) is 37.9 Å². The van der Waals surface area contributed by atoms with Crippen LogP contribution in [-0.2, 0) is 9.53 Å². The Bertz CT molecular complexity index is 539. The van der Waals surface area contributed by atoms with Gasteiger partial charge in [0.15, 0.2) is 11.6 Å². The standard InChI is InChI=1S/C17H23F2NO3/c1-2-23-17(22)13-4-3-8-20(11-13)9-7-16(21)12-5-6-14(18)15(19)10-12/h5-6,10,13,16,21H,2-4,7-9,11H2,1H3. The van der Waals surface area contributed by atoms with Crippen LogP contribution in [0.15, 0.2) is 18.2 Å². The molecule has 0 aromatic heterocycles. The Balaban J connectivity index is 1.84. The van der Waals surface area contributed by atoms with Gasteiger partial charge in [0.05, 0.1) is 18.6 Å². The number of aliphatic hydroxyl groups excluding tert-OH is 1. The number of rotatable bonds is 6. The molecule has 0 amide bonds. The number of benzene rings is 1. The van der Waals surface area contributed by atoms with Crippen molar-refractivity contribution in [2.24, 2.45) is 5.92 Å². The normalized spacial score (nSPS) is 20.3. The van der Waals surface area contributed by atoms with E-state index in [2.05, 4.69) is 4.90 Å². The topological polar surface area (TPSA) is 49.8 Å². The summed E-state index contributed by atoms with van der Waals surface area (Å²) in [6, 6.07) is 3.43. The van der Waals surface area contributed by atoms with Gasteiger partial charge < -0.3 is 14.7 Å². The van der Waals surface area contributed by atoms with Gasteiger partial charge in [-0.1, -0.05) is 6.07 Å². The molecule has 1 aromatic rings. The first-order chi connectivity index (χ1) is 11.0. The zero-order valence-corrected chi connectivity index (χ0v) is 13.3. The molecule has 1 aliphatic heterocycles. The molecule has 0 bridgehead atoms. The highest BCUT2D eigenvalue weighted by Crippen LogP contribution is 2.22. The number of hydrogen-bond donors (Lipinski definition) is 1. The first-order valence-corrected chi connectivity index (χ1v) is 8.03. The summed E-state index contributed by atoms with van der Waals surface area (Å²) < 4.78 is 31.2. The van der Waals surface area contributed by atoms with Gasteiger partial charge in [0.1, 0.15) is 0 Å². The molecule has 2 rings (SSSR count). The SMILES string of the molecule is CCOC(=O)C1CCCN(CCC(O)c2ccc(F)c(F)c2)C1. The maximum absolute atomic E-state index is 13.2. The number of carbonyl (C=O) groups excluding carboxylic acids is 1. The van der Waals surface area contributed by atoms with E-state index in [9.17, 15) is 18.7 Å². The minimum atomic E-state index is -0.957. The van der Waals surface area contributed by atoms with Crippen LogP contribution < -0.4 is 0 Å². The molecule has 1 saturated heterocycles. The van der Waals surface area contributed by atoms with Gasteiger partial charge in [-0.15, -0.1) is 0 Å². The Labute approximate surface area is 135 Å². The number of hydrogen-bond acceptors (Lipinski definition) is 4. The third kappa shape index (κ3) is 4.97. The molecule has 0 saturated carbocycles. The number of ether oxygens (including phenoxy) is 1. The number of piperidine rings is 1. The van der Waals surface area contributed by atoms with Gasteiger partial charge in [0, 0.05) is 13.1 Å². The molecule has 128 valence electrons. The Kier molecular flexibility index (Phi) is 6.47. The van der Waals surface area contributed by atoms with E-state index < -0.39 is 17.7 Å². The number of halogens is 2. The first kappa shape index (κ1) is 17.8. The van der Waals surface area contributed by atoms with Crippen LogP contribution in [0.2, 0.25) is 0 Å². The summed E-state index contributed by atoms with van der Waals surface area (Å²) in [4.78, 5) is 13.9. The average molecular weight is 327 g/mol. The molecule has 0 aliphatic carbocycles. The van der Waals surface area contributed by atoms with Crippen LogP contribution in [0.3, 0.4) is 0 Å². The second-order valence-corrected chi connectivity index (χ2v) is 5.87. The Morgan fingerprint density at radius 3 is 2.91 bits per heavy atom. The summed E-state index contributed by atoms with van der Waals surface area (Å²) in [5.41, 5.74) is 0.364. The monoisotopic (exact) mass is 327 g/mol. The highest BCUT2D eigenvalue weighted by atomic mass is 19.2. The molecular weight excluding hydrogens is 304 g/mol. The highest BCUT2D eigenvalue weighted by Gasteiger charge is 2.27. The van der Waals surface area contributed by atoms with Gasteiger partial charge in [-0.25, -0.2) is 8.78 Å². The van der Waals surface area contributed by atoms with E-state index in [1.165, 1.54) is 6.07 Å². The molecule has 1 N–H and O–H groups in total. The minimum Gasteiger partial charge on any atom is -0.466 e. The fraction of sp³-hybridized carbons (Fsp3) is 0.588. The smallest absolute Gasteiger partial charge is 0.310 e. The average Bonchev–Trinajstić information content (AvgIpc) is 2.55. The van der Waals surface area contributed by atoms with Gasteiger partial charge in [-0.2, -0.15) is 0 Å². The van der Waals surface area contributed by atoms with Crippen LogP contribution in [-0.4, -0.2) is 42.2 Å². The van der Waals surface area contributed by atoms with Crippen molar-refractivity contribution in [3.05, 3.63) is 35.4 Å². The lowest BCUT2D eigenvalue weighted by atomic mass is 9.97. The lowest BCUT2D eigenvalue weighted by molar-refractivity contribution is -0.149. The van der Waals surface area contributed by atoms with E-state index in [1.54, 1.807) is 6.92 Å². The maximum atomic E-state index is 13.2. The zero-order chi connectivity index (χ0) is 16.8. The van der Waals surface area contributed by atoms with Crippen molar-refractivity contribution in [2.75, 3.05) is 26.2 Å². The van der Waals surface area contributed by atoms with Gasteiger partial charge in [0.2, 0.25) is 0 Å². The maximum Gasteiger partial charge on any atom is 0.310 e. The van der Waals surface area contributed by atoms with E-state index in [0.29, 0.717) is 31.7 Å². The van der Waals surface area contributed by atoms with Crippen molar-refractivity contribution in [3.8, 4) is 0 Å². The van der Waals surface area contributed by atoms with Gasteiger partial charge >= 0.3 is 5.97 Å². The minimum absolute atomic E-state index is 0.121. The number of likely N-dealkylation sites (tertiary alicyclic amines) is 1. The summed E-state index contributed by atoms with van der Waals surface area (Å²) in [6.07, 6.45) is 1.28. The highest BCUT2D eigenvalue weighted by molar-refractivity contribution is 5.72. The van der Waals surface area contributed by atoms with Crippen LogP contribution in [0, 0.1) is 17.6 Å². The molecule has 2 atom stereocenters. The summed E-state index contributed by atoms with van der Waals surface area (Å²) in [7, 11) is 0. The second-order valence-electron chi connectivity index (χ2n) is 5.87. The van der Waals surface area contributed by atoms with Crippen LogP contribution in [0.4, 0.5) is 8.78 Å². The number of aliphatic hydroxyl groups is 1. The van der Waals surface area contributed by atoms with Crippen LogP contribution in [0.5, 0.6) is 0 Å². The number of esters is 1. The fourth-order valence-electron chi connectivity index (χ4n) is 2.90. The Morgan fingerprint density at radius 2 is 2.22 bits per heavy atom. The van der Waals surface area contributed by atoms with E-state index in [1.807, 2.05) is 0 Å². The lowest BCUT2D eigenvalue weighted by Gasteiger charge is -2.31. The van der Waals surface area contributed by atoms with Gasteiger partial charge in [-0.3, -0.25) is 4.79 Å². The molecule has 1 aromatic carbocycles. The predicted molar refractivity (Wildman–Crippen MR) is 81.7 cm³/mol. The number of nitrogens with zero attached hydrogens (tertiary/aromatic N) is 1. The molecule has 0 radical (unpaired) electrons. The van der Waals surface area contributed by atoms with Gasteiger partial charge in [-0.05, 0) is 50.4 Å². The van der Waals surface area contributed by atoms with Crippen molar-refractivity contribution in [1.82, 2.24) is 4.90 Å². The van der Waals surface area contributed by atoms with E-state index in [0.717, 1.165) is 31.5 Å². The quantitative estimate of drug-likeness (QED) is 0.816. The summed E-state index contributed by atoms with van der Waals surface area (Å²) in [5.74, 6) is -2.17. The Hall–Kier alpha value is -1.53. The molecule has 2 unspecified atom stereocenters. The molecular formula is C17H23F2NO3. The first-order valence-electron chi connectivity index (χ1n) is 8.03. The van der Waals surface area contributed by atoms with Crippen LogP contribution in [0.25, 0.3) is 0 Å². The molecule has 4 nitrogen and oxygen atoms in total. The molecule has 23 heavy (non-hydrogen) atoms. The van der Waals surface area contributed by atoms with E-state index in [-0.39, 0.29) is 11.9 Å². The fourth-order valence-corrected chi connectivity index (χ4v) is 2.90. The van der Waals surface area contributed by atoms with Crippen molar-refractivity contribution in [3.63, 3.8) is 0 Å². The largest absolute Gasteiger partial charge is 0.466 e.